The summed E-state index contributed by atoms with van der Waals surface area (Å²) in [5.41, 5.74) is 2.11. The average Bonchev–Trinajstić information content (AvgIpc) is 2.32. The Hall–Kier alpha value is -1.32. The Balaban J connectivity index is 2.26. The summed E-state index contributed by atoms with van der Waals surface area (Å²) in [7, 11) is 0. The number of aryl methyl sites for hydroxylation is 1. The Morgan fingerprint density at radius 1 is 1.18 bits per heavy atom. The van der Waals surface area contributed by atoms with Gasteiger partial charge < -0.3 is 5.11 Å². The minimum atomic E-state index is -0.489. The molecule has 1 heterocycles. The van der Waals surface area contributed by atoms with Gasteiger partial charge in [0.15, 0.2) is 0 Å². The van der Waals surface area contributed by atoms with Gasteiger partial charge in [-0.15, -0.1) is 0 Å². The van der Waals surface area contributed by atoms with Gasteiger partial charge in [-0.05, 0) is 32.0 Å². The number of aliphatic hydroxyl groups excluding tert-OH is 1. The minimum absolute atomic E-state index is 0.489. The van der Waals surface area contributed by atoms with Crippen LogP contribution in [0, 0.1) is 6.92 Å². The molecule has 0 saturated carbocycles. The molecule has 2 nitrogen and oxygen atoms in total. The molecule has 0 fully saturated rings. The van der Waals surface area contributed by atoms with Crippen LogP contribution in [0.4, 0.5) is 0 Å². The highest BCUT2D eigenvalue weighted by Gasteiger charge is 2.09. The normalized spacial score (nSPS) is 12.4. The van der Waals surface area contributed by atoms with Crippen LogP contribution in [0.5, 0.6) is 0 Å². The Labute approximate surface area is 106 Å². The van der Waals surface area contributed by atoms with Crippen molar-refractivity contribution in [1.82, 2.24) is 4.98 Å². The van der Waals surface area contributed by atoms with E-state index in [1.165, 1.54) is 5.56 Å². The standard InChI is InChI=1S/C14H15NOS/c1-10-5-7-12(8-6-10)17-14-13(11(2)16)4-3-9-15-14/h3-9,11,16H,1-2H3/t11-/m0/s1. The van der Waals surface area contributed by atoms with Crippen LogP contribution < -0.4 is 0 Å². The van der Waals surface area contributed by atoms with E-state index in [1.807, 2.05) is 12.1 Å². The number of aliphatic hydroxyl groups is 1. The molecule has 1 atom stereocenters. The molecule has 2 rings (SSSR count). The van der Waals surface area contributed by atoms with Gasteiger partial charge in [0.1, 0.15) is 5.03 Å². The van der Waals surface area contributed by atoms with Crippen molar-refractivity contribution in [2.24, 2.45) is 0 Å². The zero-order chi connectivity index (χ0) is 12.3. The number of hydrogen-bond donors (Lipinski definition) is 1. The fraction of sp³-hybridized carbons (Fsp3) is 0.214. The van der Waals surface area contributed by atoms with Gasteiger partial charge in [0, 0.05) is 16.7 Å². The summed E-state index contributed by atoms with van der Waals surface area (Å²) < 4.78 is 0. The van der Waals surface area contributed by atoms with Crippen LogP contribution >= 0.6 is 11.8 Å². The smallest absolute Gasteiger partial charge is 0.106 e. The zero-order valence-corrected chi connectivity index (χ0v) is 10.7. The SMILES string of the molecule is Cc1ccc(Sc2ncccc2[C@H](C)O)cc1. The molecule has 0 saturated heterocycles. The number of nitrogens with zero attached hydrogens (tertiary/aromatic N) is 1. The van der Waals surface area contributed by atoms with Crippen LogP contribution in [0.2, 0.25) is 0 Å². The Bertz CT molecular complexity index is 494. The van der Waals surface area contributed by atoms with Gasteiger partial charge in [-0.1, -0.05) is 35.5 Å². The molecule has 1 N–H and O–H groups in total. The molecule has 88 valence electrons. The fourth-order valence-electron chi connectivity index (χ4n) is 1.52. The summed E-state index contributed by atoms with van der Waals surface area (Å²) in [5.74, 6) is 0. The summed E-state index contributed by atoms with van der Waals surface area (Å²) in [6.07, 6.45) is 1.26. The van der Waals surface area contributed by atoms with Crippen molar-refractivity contribution in [1.29, 1.82) is 0 Å². The second-order valence-electron chi connectivity index (χ2n) is 3.99. The summed E-state index contributed by atoms with van der Waals surface area (Å²) in [6.45, 7) is 3.83. The van der Waals surface area contributed by atoms with Crippen molar-refractivity contribution in [3.63, 3.8) is 0 Å². The van der Waals surface area contributed by atoms with Gasteiger partial charge in [0.05, 0.1) is 6.10 Å². The van der Waals surface area contributed by atoms with E-state index in [-0.39, 0.29) is 0 Å². The maximum Gasteiger partial charge on any atom is 0.106 e. The molecule has 0 unspecified atom stereocenters. The van der Waals surface area contributed by atoms with E-state index >= 15 is 0 Å². The van der Waals surface area contributed by atoms with Crippen LogP contribution in [0.1, 0.15) is 24.2 Å². The van der Waals surface area contributed by atoms with Gasteiger partial charge >= 0.3 is 0 Å². The molecule has 0 aliphatic rings. The molecular formula is C14H15NOS. The van der Waals surface area contributed by atoms with Crippen molar-refractivity contribution < 1.29 is 5.11 Å². The minimum Gasteiger partial charge on any atom is -0.389 e. The van der Waals surface area contributed by atoms with Gasteiger partial charge in [0.25, 0.3) is 0 Å². The molecule has 0 radical (unpaired) electrons. The predicted molar refractivity (Wildman–Crippen MR) is 70.2 cm³/mol. The third kappa shape index (κ3) is 3.08. The highest BCUT2D eigenvalue weighted by molar-refractivity contribution is 7.99. The van der Waals surface area contributed by atoms with Gasteiger partial charge in [-0.3, -0.25) is 0 Å². The zero-order valence-electron chi connectivity index (χ0n) is 9.92. The largest absolute Gasteiger partial charge is 0.389 e. The maximum atomic E-state index is 9.67. The van der Waals surface area contributed by atoms with E-state index in [0.717, 1.165) is 15.5 Å². The average molecular weight is 245 g/mol. The van der Waals surface area contributed by atoms with E-state index in [0.29, 0.717) is 0 Å². The number of hydrogen-bond acceptors (Lipinski definition) is 3. The van der Waals surface area contributed by atoms with Crippen LogP contribution in [-0.2, 0) is 0 Å². The molecule has 0 amide bonds. The topological polar surface area (TPSA) is 33.1 Å². The van der Waals surface area contributed by atoms with Gasteiger partial charge in [-0.2, -0.15) is 0 Å². The highest BCUT2D eigenvalue weighted by Crippen LogP contribution is 2.31. The first-order valence-corrected chi connectivity index (χ1v) is 6.36. The summed E-state index contributed by atoms with van der Waals surface area (Å²) in [4.78, 5) is 5.46. The highest BCUT2D eigenvalue weighted by atomic mass is 32.2. The van der Waals surface area contributed by atoms with Crippen LogP contribution in [0.15, 0.2) is 52.5 Å². The van der Waals surface area contributed by atoms with Crippen molar-refractivity contribution >= 4 is 11.8 Å². The molecule has 0 aliphatic carbocycles. The number of benzene rings is 1. The van der Waals surface area contributed by atoms with Gasteiger partial charge in [0.2, 0.25) is 0 Å². The first-order chi connectivity index (χ1) is 8.16. The van der Waals surface area contributed by atoms with Crippen LogP contribution in [-0.4, -0.2) is 10.1 Å². The van der Waals surface area contributed by atoms with Crippen molar-refractivity contribution in [3.8, 4) is 0 Å². The molecule has 2 aromatic rings. The van der Waals surface area contributed by atoms with Crippen molar-refractivity contribution in [2.45, 2.75) is 29.9 Å². The first-order valence-electron chi connectivity index (χ1n) is 5.54. The van der Waals surface area contributed by atoms with E-state index in [9.17, 15) is 5.11 Å². The monoisotopic (exact) mass is 245 g/mol. The first kappa shape index (κ1) is 12.1. The predicted octanol–water partition coefficient (Wildman–Crippen LogP) is 3.59. The van der Waals surface area contributed by atoms with Gasteiger partial charge in [-0.25, -0.2) is 4.98 Å². The summed E-state index contributed by atoms with van der Waals surface area (Å²) in [5, 5.41) is 10.5. The number of rotatable bonds is 3. The third-order valence-electron chi connectivity index (χ3n) is 2.49. The lowest BCUT2D eigenvalue weighted by Gasteiger charge is -2.10. The number of aromatic nitrogens is 1. The van der Waals surface area contributed by atoms with E-state index in [4.69, 9.17) is 0 Å². The molecule has 3 heteroatoms. The Kier molecular flexibility index (Phi) is 3.82. The van der Waals surface area contributed by atoms with Crippen LogP contribution in [0.3, 0.4) is 0 Å². The van der Waals surface area contributed by atoms with Crippen LogP contribution in [0.25, 0.3) is 0 Å². The molecular weight excluding hydrogens is 230 g/mol. The quantitative estimate of drug-likeness (QED) is 0.897. The summed E-state index contributed by atoms with van der Waals surface area (Å²) in [6, 6.07) is 12.1. The lowest BCUT2D eigenvalue weighted by molar-refractivity contribution is 0.195. The fourth-order valence-corrected chi connectivity index (χ4v) is 2.49. The molecule has 1 aromatic heterocycles. The van der Waals surface area contributed by atoms with Crippen molar-refractivity contribution in [2.75, 3.05) is 0 Å². The summed E-state index contributed by atoms with van der Waals surface area (Å²) >= 11 is 1.58. The molecule has 0 bridgehead atoms. The van der Waals surface area contributed by atoms with Crippen molar-refractivity contribution in [3.05, 3.63) is 53.7 Å². The molecule has 0 aliphatic heterocycles. The molecule has 17 heavy (non-hydrogen) atoms. The molecule has 1 aromatic carbocycles. The second-order valence-corrected chi connectivity index (χ2v) is 5.05. The van der Waals surface area contributed by atoms with E-state index < -0.39 is 6.10 Å². The Morgan fingerprint density at radius 2 is 1.88 bits per heavy atom. The third-order valence-corrected chi connectivity index (χ3v) is 3.53. The Morgan fingerprint density at radius 3 is 2.53 bits per heavy atom. The molecule has 0 spiro atoms. The maximum absolute atomic E-state index is 9.67. The van der Waals surface area contributed by atoms with E-state index in [2.05, 4.69) is 36.2 Å². The second kappa shape index (κ2) is 5.34. The lowest BCUT2D eigenvalue weighted by Crippen LogP contribution is -1.95. The number of pyridine rings is 1. The van der Waals surface area contributed by atoms with E-state index in [1.54, 1.807) is 24.9 Å². The lowest BCUT2D eigenvalue weighted by atomic mass is 10.2.